The molecule has 1 heterocycles. The molecule has 0 radical (unpaired) electrons. The van der Waals surface area contributed by atoms with Crippen LogP contribution in [0.15, 0.2) is 0 Å². The van der Waals surface area contributed by atoms with Crippen molar-refractivity contribution in [1.29, 1.82) is 0 Å². The summed E-state index contributed by atoms with van der Waals surface area (Å²) in [5, 5.41) is 9.24. The van der Waals surface area contributed by atoms with E-state index in [9.17, 15) is 9.90 Å². The summed E-state index contributed by atoms with van der Waals surface area (Å²) in [5.41, 5.74) is -0.824. The smallest absolute Gasteiger partial charge is 0.308 e. The molecule has 0 aromatic rings. The maximum atomic E-state index is 10.5. The van der Waals surface area contributed by atoms with Crippen molar-refractivity contribution in [1.82, 2.24) is 0 Å². The van der Waals surface area contributed by atoms with Crippen LogP contribution in [0.5, 0.6) is 0 Å². The molecule has 1 rings (SSSR count). The van der Waals surface area contributed by atoms with Crippen molar-refractivity contribution >= 4 is 5.97 Å². The molecule has 1 fully saturated rings. The number of aliphatic hydroxyl groups is 1. The molecule has 9 heavy (non-hydrogen) atoms. The Morgan fingerprint density at radius 3 is 2.78 bits per heavy atom. The molecular weight excluding hydrogens is 122 g/mol. The van der Waals surface area contributed by atoms with Crippen LogP contribution >= 0.6 is 0 Å². The molecule has 1 aliphatic rings. The zero-order valence-electron chi connectivity index (χ0n) is 5.39. The lowest BCUT2D eigenvalue weighted by Gasteiger charge is -2.26. The fourth-order valence-electron chi connectivity index (χ4n) is 0.835. The van der Waals surface area contributed by atoms with E-state index in [0.717, 1.165) is 0 Å². The Morgan fingerprint density at radius 1 is 1.78 bits per heavy atom. The topological polar surface area (TPSA) is 46.5 Å². The van der Waals surface area contributed by atoms with Crippen LogP contribution in [0, 0.1) is 0 Å². The zero-order valence-corrected chi connectivity index (χ0v) is 5.39. The van der Waals surface area contributed by atoms with Crippen LogP contribution in [0.2, 0.25) is 0 Å². The molecule has 1 saturated heterocycles. The predicted octanol–water partition coefficient (Wildman–Crippen LogP) is 0.0744. The average molecular weight is 132 g/mol. The second-order valence-corrected chi connectivity index (χ2v) is 2.64. The monoisotopic (exact) mass is 132 g/mol. The third-order valence-corrected chi connectivity index (χ3v) is 1.43. The van der Waals surface area contributed by atoms with Crippen LogP contribution in [0.1, 0.15) is 19.8 Å². The van der Waals surface area contributed by atoms with Crippen LogP contribution in [-0.4, -0.2) is 23.3 Å². The van der Waals surface area contributed by atoms with Crippen molar-refractivity contribution in [2.75, 3.05) is 6.61 Å². The Bertz CT molecular complexity index is 128. The van der Waals surface area contributed by atoms with Crippen molar-refractivity contribution in [3.63, 3.8) is 0 Å². The van der Waals surface area contributed by atoms with Gasteiger partial charge < -0.3 is 9.84 Å². The molecule has 3 heteroatoms. The summed E-state index contributed by atoms with van der Waals surface area (Å²) in [6, 6.07) is 0. The van der Waals surface area contributed by atoms with E-state index in [0.29, 0.717) is 13.0 Å². The summed E-state index contributed by atoms with van der Waals surface area (Å²) in [4.78, 5) is 10.5. The van der Waals surface area contributed by atoms with E-state index < -0.39 is 5.60 Å². The Balaban J connectivity index is 2.51. The summed E-state index contributed by atoms with van der Waals surface area (Å²) in [6.45, 7) is 2.00. The van der Waals surface area contributed by atoms with Gasteiger partial charge in [0.25, 0.3) is 0 Å². The van der Waals surface area contributed by atoms with Gasteiger partial charge in [-0.05, 0) is 6.92 Å². The molecule has 0 aliphatic carbocycles. The first kappa shape index (κ1) is 6.55. The van der Waals surface area contributed by atoms with Crippen LogP contribution in [0.25, 0.3) is 0 Å². The molecule has 0 aromatic carbocycles. The highest BCUT2D eigenvalue weighted by atomic mass is 16.6. The average Bonchev–Trinajstić information content (AvgIpc) is 1.60. The van der Waals surface area contributed by atoms with Crippen LogP contribution < -0.4 is 0 Å². The molecule has 52 valence electrons. The third-order valence-electron chi connectivity index (χ3n) is 1.43. The molecular formula is C6H10O3. The standard InChI is InChI=1S/C6H10O3/c1-6(8)2-3-9-5(7)4-6/h8H,2-4H2,1H3/i4+1,5+1. The fourth-order valence-corrected chi connectivity index (χ4v) is 0.835. The molecule has 1 aliphatic heterocycles. The Kier molecular flexibility index (Phi) is 1.45. The summed E-state index contributed by atoms with van der Waals surface area (Å²) in [6.07, 6.45) is 0.686. The van der Waals surface area contributed by atoms with E-state index in [1.807, 2.05) is 0 Å². The minimum atomic E-state index is -0.824. The van der Waals surface area contributed by atoms with E-state index in [4.69, 9.17) is 0 Å². The summed E-state index contributed by atoms with van der Waals surface area (Å²) >= 11 is 0. The van der Waals surface area contributed by atoms with Crippen molar-refractivity contribution in [3.05, 3.63) is 0 Å². The molecule has 0 aromatic heterocycles. The highest BCUT2D eigenvalue weighted by molar-refractivity contribution is 5.71. The van der Waals surface area contributed by atoms with Gasteiger partial charge >= 0.3 is 5.97 Å². The molecule has 3 nitrogen and oxygen atoms in total. The molecule has 0 spiro atoms. The fraction of sp³-hybridized carbons (Fsp3) is 0.833. The summed E-state index contributed by atoms with van der Waals surface area (Å²) < 4.78 is 4.61. The van der Waals surface area contributed by atoms with E-state index in [2.05, 4.69) is 4.74 Å². The molecule has 1 atom stereocenters. The van der Waals surface area contributed by atoms with E-state index in [-0.39, 0.29) is 12.4 Å². The van der Waals surface area contributed by atoms with Crippen LogP contribution in [0.4, 0.5) is 0 Å². The number of hydrogen-bond donors (Lipinski definition) is 1. The van der Waals surface area contributed by atoms with Crippen LogP contribution in [0.3, 0.4) is 0 Å². The second kappa shape index (κ2) is 1.99. The number of cyclic esters (lactones) is 1. The first-order valence-electron chi connectivity index (χ1n) is 2.98. The number of carbonyl (C=O) groups excluding carboxylic acids is 1. The first-order chi connectivity index (χ1) is 4.10. The van der Waals surface area contributed by atoms with Crippen molar-refractivity contribution in [2.24, 2.45) is 0 Å². The third kappa shape index (κ3) is 1.68. The van der Waals surface area contributed by atoms with Gasteiger partial charge in [-0.15, -0.1) is 0 Å². The minimum absolute atomic E-state index is 0.132. The maximum Gasteiger partial charge on any atom is 0.308 e. The van der Waals surface area contributed by atoms with Gasteiger partial charge in [0.1, 0.15) is 0 Å². The highest BCUT2D eigenvalue weighted by Crippen LogP contribution is 2.19. The molecule has 1 unspecified atom stereocenters. The number of carbonyl (C=O) groups is 1. The normalized spacial score (nSPS) is 36.0. The molecule has 1 N–H and O–H groups in total. The number of rotatable bonds is 0. The van der Waals surface area contributed by atoms with Gasteiger partial charge in [0.05, 0.1) is 18.6 Å². The van der Waals surface area contributed by atoms with Gasteiger partial charge in [0.15, 0.2) is 0 Å². The minimum Gasteiger partial charge on any atom is -0.465 e. The first-order valence-corrected chi connectivity index (χ1v) is 2.98. The lowest BCUT2D eigenvalue weighted by molar-refractivity contribution is -0.157. The van der Waals surface area contributed by atoms with E-state index in [1.54, 1.807) is 6.92 Å². The Morgan fingerprint density at radius 2 is 2.44 bits per heavy atom. The SMILES string of the molecule is CC1(O)CCO[13C](=O)[13CH2]1. The zero-order chi connectivity index (χ0) is 6.91. The molecule has 0 amide bonds. The van der Waals surface area contributed by atoms with Gasteiger partial charge in [-0.1, -0.05) is 0 Å². The quantitative estimate of drug-likeness (QED) is 0.375. The predicted molar refractivity (Wildman–Crippen MR) is 30.8 cm³/mol. The Hall–Kier alpha value is -0.570. The Labute approximate surface area is 53.6 Å². The number of ether oxygens (including phenoxy) is 1. The van der Waals surface area contributed by atoms with Crippen molar-refractivity contribution in [3.8, 4) is 0 Å². The van der Waals surface area contributed by atoms with Gasteiger partial charge in [-0.25, -0.2) is 0 Å². The highest BCUT2D eigenvalue weighted by Gasteiger charge is 2.29. The lowest BCUT2D eigenvalue weighted by Crippen LogP contribution is -2.35. The second-order valence-electron chi connectivity index (χ2n) is 2.64. The van der Waals surface area contributed by atoms with Crippen molar-refractivity contribution < 1.29 is 14.6 Å². The van der Waals surface area contributed by atoms with E-state index in [1.165, 1.54) is 0 Å². The van der Waals surface area contributed by atoms with Gasteiger partial charge in [-0.3, -0.25) is 4.79 Å². The number of hydrogen-bond acceptors (Lipinski definition) is 3. The summed E-state index contributed by atoms with van der Waals surface area (Å²) in [5.74, 6) is -0.300. The van der Waals surface area contributed by atoms with Crippen molar-refractivity contribution in [2.45, 2.75) is 25.4 Å². The number of esters is 1. The van der Waals surface area contributed by atoms with Gasteiger partial charge in [-0.2, -0.15) is 0 Å². The van der Waals surface area contributed by atoms with Crippen LogP contribution in [-0.2, 0) is 9.53 Å². The van der Waals surface area contributed by atoms with Gasteiger partial charge in [0, 0.05) is 6.42 Å². The maximum absolute atomic E-state index is 10.5. The lowest BCUT2D eigenvalue weighted by atomic mass is 10.1. The molecule has 0 bridgehead atoms. The van der Waals surface area contributed by atoms with E-state index >= 15 is 0 Å². The largest absolute Gasteiger partial charge is 0.465 e. The van der Waals surface area contributed by atoms with Gasteiger partial charge in [0.2, 0.25) is 0 Å². The molecule has 0 saturated carbocycles. The summed E-state index contributed by atoms with van der Waals surface area (Å²) in [7, 11) is 0.